The molecule has 1 rings (SSSR count). The summed E-state index contributed by atoms with van der Waals surface area (Å²) < 4.78 is 27.7. The highest BCUT2D eigenvalue weighted by Gasteiger charge is 2.62. The van der Waals surface area contributed by atoms with Gasteiger partial charge in [-0.25, -0.2) is 10.1 Å². The van der Waals surface area contributed by atoms with Crippen molar-refractivity contribution in [3.05, 3.63) is 4.91 Å². The molecule has 1 fully saturated rings. The Balaban J connectivity index is 3.86. The first-order valence-electron chi connectivity index (χ1n) is 11.1. The number of nitrogens with one attached hydrogen (secondary N) is 2. The number of ether oxygens (including phenoxy) is 5. The fourth-order valence-corrected chi connectivity index (χ4v) is 4.30. The topological polar surface area (TPSA) is 222 Å². The number of amides is 1. The molecule has 214 valence electrons. The van der Waals surface area contributed by atoms with E-state index in [1.165, 1.54) is 13.8 Å². The van der Waals surface area contributed by atoms with Gasteiger partial charge in [-0.05, 0) is 13.8 Å². The molecule has 17 heteroatoms. The first-order chi connectivity index (χ1) is 17.4. The van der Waals surface area contributed by atoms with E-state index >= 15 is 0 Å². The molecule has 38 heavy (non-hydrogen) atoms. The van der Waals surface area contributed by atoms with Gasteiger partial charge >= 0.3 is 29.8 Å². The molecule has 1 aliphatic rings. The smallest absolute Gasteiger partial charge is 0.346 e. The van der Waals surface area contributed by atoms with Crippen molar-refractivity contribution in [2.75, 3.05) is 6.61 Å². The highest BCUT2D eigenvalue weighted by atomic mass is 32.2. The van der Waals surface area contributed by atoms with Crippen LogP contribution < -0.4 is 10.6 Å². The van der Waals surface area contributed by atoms with Crippen LogP contribution in [0.5, 0.6) is 0 Å². The van der Waals surface area contributed by atoms with Crippen LogP contribution in [0, 0.1) is 4.91 Å². The van der Waals surface area contributed by atoms with Crippen molar-refractivity contribution in [1.29, 1.82) is 0 Å². The zero-order valence-corrected chi connectivity index (χ0v) is 22.7. The van der Waals surface area contributed by atoms with Crippen LogP contribution in [0.4, 0.5) is 0 Å². The zero-order valence-electron chi connectivity index (χ0n) is 21.8. The van der Waals surface area contributed by atoms with Crippen LogP contribution in [-0.2, 0) is 52.5 Å². The lowest BCUT2D eigenvalue weighted by atomic mass is 9.91. The number of rotatable bonds is 12. The molecular weight excluding hydrogens is 534 g/mol. The normalized spacial score (nSPS) is 24.7. The Kier molecular flexibility index (Phi) is 11.2. The first-order valence-corrected chi connectivity index (χ1v) is 11.8. The Hall–Kier alpha value is -3.31. The highest BCUT2D eigenvalue weighted by Crippen LogP contribution is 2.40. The Labute approximate surface area is 221 Å². The molecule has 0 bridgehead atoms. The van der Waals surface area contributed by atoms with E-state index in [9.17, 15) is 38.8 Å². The van der Waals surface area contributed by atoms with Crippen LogP contribution >= 0.6 is 11.9 Å². The van der Waals surface area contributed by atoms with Gasteiger partial charge in [-0.1, -0.05) is 0 Å². The van der Waals surface area contributed by atoms with Gasteiger partial charge in [0.05, 0.1) is 11.2 Å². The molecule has 0 aromatic carbocycles. The second-order valence-electron chi connectivity index (χ2n) is 8.77. The molecule has 1 saturated heterocycles. The minimum Gasteiger partial charge on any atom is -0.478 e. The van der Waals surface area contributed by atoms with Crippen molar-refractivity contribution >= 4 is 47.7 Å². The average Bonchev–Trinajstić information content (AvgIpc) is 2.72. The third-order valence-corrected chi connectivity index (χ3v) is 5.99. The van der Waals surface area contributed by atoms with Crippen molar-refractivity contribution < 1.29 is 57.6 Å². The quantitative estimate of drug-likeness (QED) is 0.0939. The van der Waals surface area contributed by atoms with Gasteiger partial charge in [0.1, 0.15) is 18.8 Å². The van der Waals surface area contributed by atoms with E-state index < -0.39 is 83.4 Å². The second-order valence-corrected chi connectivity index (χ2v) is 10.1. The number of nitroso groups, excluding NO2 is 1. The summed E-state index contributed by atoms with van der Waals surface area (Å²) in [6, 6.07) is 0. The second kappa shape index (κ2) is 13.0. The molecule has 0 aromatic rings. The van der Waals surface area contributed by atoms with Crippen LogP contribution in [-0.4, -0.2) is 82.1 Å². The lowest BCUT2D eigenvalue weighted by Crippen LogP contribution is -2.80. The summed E-state index contributed by atoms with van der Waals surface area (Å²) in [7, 11) is 0. The summed E-state index contributed by atoms with van der Waals surface area (Å²) in [4.78, 5) is 83.4. The fraction of sp³-hybridized carbons (Fsp3) is 0.714. The number of hydrogen-bond acceptors (Lipinski definition) is 15. The molecule has 16 nitrogen and oxygen atoms in total. The number of aliphatic carboxylic acids is 1. The number of nitrogens with zero attached hydrogens (tertiary/aromatic N) is 1. The van der Waals surface area contributed by atoms with Gasteiger partial charge in [0, 0.05) is 51.1 Å². The van der Waals surface area contributed by atoms with Crippen molar-refractivity contribution in [1.82, 2.24) is 10.6 Å². The van der Waals surface area contributed by atoms with Gasteiger partial charge in [-0.3, -0.25) is 24.0 Å². The lowest BCUT2D eigenvalue weighted by Gasteiger charge is -2.51. The van der Waals surface area contributed by atoms with E-state index in [-0.39, 0.29) is 11.9 Å². The van der Waals surface area contributed by atoms with Crippen LogP contribution in [0.1, 0.15) is 54.9 Å². The van der Waals surface area contributed by atoms with Crippen LogP contribution in [0.15, 0.2) is 4.58 Å². The van der Waals surface area contributed by atoms with Crippen molar-refractivity contribution in [2.24, 2.45) is 4.58 Å². The third-order valence-electron chi connectivity index (χ3n) is 5.15. The average molecular weight is 566 g/mol. The number of carbonyl (C=O) groups is 6. The summed E-state index contributed by atoms with van der Waals surface area (Å²) >= 11 is 0.244. The van der Waals surface area contributed by atoms with Crippen LogP contribution in [0.2, 0.25) is 0 Å². The van der Waals surface area contributed by atoms with Crippen LogP contribution in [0.3, 0.4) is 0 Å². The van der Waals surface area contributed by atoms with Crippen molar-refractivity contribution in [2.45, 2.75) is 89.5 Å². The molecule has 0 aromatic heterocycles. The van der Waals surface area contributed by atoms with E-state index in [4.69, 9.17) is 23.7 Å². The fourth-order valence-electron chi connectivity index (χ4n) is 3.79. The Bertz CT molecular complexity index is 974. The minimum atomic E-state index is -2.62. The summed E-state index contributed by atoms with van der Waals surface area (Å²) in [5.41, 5.74) is -2.62. The number of carbonyl (C=O) groups excluding carboxylic acids is 5. The molecule has 0 saturated carbocycles. The third kappa shape index (κ3) is 8.35. The molecule has 1 unspecified atom stereocenters. The number of hydrogen-bond donors (Lipinski definition) is 3. The molecule has 0 spiro atoms. The summed E-state index contributed by atoms with van der Waals surface area (Å²) in [6.45, 7) is 7.00. The van der Waals surface area contributed by atoms with Crippen LogP contribution in [0.25, 0.3) is 0 Å². The molecule has 1 aliphatic heterocycles. The standard InChI is InChI=1S/C21H31N3O13S/c1-10(25)22-21(18(30)31,19(6,7)38-24-32)23-20(36-14(5)29)8-15(34-12(3)27)17(35-13(4)28)16(37-20)9-33-11(2)26/h15-17,23H,8-9H2,1-7H3,(H,22,25)(H,30,31)/t15-,16-,17+,20+,21?/m1/s1. The molecule has 3 N–H and O–H groups in total. The molecular formula is C21H31N3O13S. The number of esters is 4. The Morgan fingerprint density at radius 1 is 1.00 bits per heavy atom. The van der Waals surface area contributed by atoms with E-state index in [1.807, 2.05) is 0 Å². The SMILES string of the molecule is CC(=O)NC(N[C@]1(OC(C)=O)C[C@@H](OC(C)=O)[C@H](OC(C)=O)[C@@H](COC(C)=O)O1)(C(=O)O)C(C)(C)SN=O. The molecule has 1 amide bonds. The summed E-state index contributed by atoms with van der Waals surface area (Å²) in [6.07, 6.45) is -5.01. The maximum absolute atomic E-state index is 12.7. The van der Waals surface area contributed by atoms with E-state index in [1.54, 1.807) is 0 Å². The summed E-state index contributed by atoms with van der Waals surface area (Å²) in [5, 5.41) is 15.0. The predicted octanol–water partition coefficient (Wildman–Crippen LogP) is 0.119. The Morgan fingerprint density at radius 2 is 1.58 bits per heavy atom. The maximum Gasteiger partial charge on any atom is 0.346 e. The van der Waals surface area contributed by atoms with E-state index in [0.717, 1.165) is 34.6 Å². The largest absolute Gasteiger partial charge is 0.478 e. The minimum absolute atomic E-state index is 0.244. The van der Waals surface area contributed by atoms with Gasteiger partial charge in [0.15, 0.2) is 6.10 Å². The Morgan fingerprint density at radius 3 is 2.00 bits per heavy atom. The molecule has 1 heterocycles. The van der Waals surface area contributed by atoms with Gasteiger partial charge in [0.25, 0.3) is 5.91 Å². The van der Waals surface area contributed by atoms with Gasteiger partial charge in [-0.15, -0.1) is 4.91 Å². The van der Waals surface area contributed by atoms with Gasteiger partial charge in [-0.2, -0.15) is 0 Å². The van der Waals surface area contributed by atoms with Crippen molar-refractivity contribution in [3.8, 4) is 0 Å². The maximum atomic E-state index is 12.7. The number of carboxylic acids is 1. The zero-order chi connectivity index (χ0) is 29.5. The first kappa shape index (κ1) is 32.7. The summed E-state index contributed by atoms with van der Waals surface area (Å²) in [5.74, 6) is -8.62. The lowest BCUT2D eigenvalue weighted by molar-refractivity contribution is -0.332. The predicted molar refractivity (Wildman–Crippen MR) is 127 cm³/mol. The van der Waals surface area contributed by atoms with Gasteiger partial charge < -0.3 is 34.1 Å². The molecule has 0 radical (unpaired) electrons. The van der Waals surface area contributed by atoms with Crippen molar-refractivity contribution in [3.63, 3.8) is 0 Å². The molecule has 0 aliphatic carbocycles. The monoisotopic (exact) mass is 565 g/mol. The number of carboxylic acid groups (broad SMARTS) is 1. The van der Waals surface area contributed by atoms with Gasteiger partial charge in [0.2, 0.25) is 11.6 Å². The van der Waals surface area contributed by atoms with E-state index in [2.05, 4.69) is 15.2 Å². The highest BCUT2D eigenvalue weighted by molar-refractivity contribution is 7.99. The van der Waals surface area contributed by atoms with E-state index in [0.29, 0.717) is 0 Å². The molecule has 5 atom stereocenters.